The molecule has 0 bridgehead atoms. The highest BCUT2D eigenvalue weighted by atomic mass is 16.3. The van der Waals surface area contributed by atoms with E-state index in [9.17, 15) is 10.2 Å². The van der Waals surface area contributed by atoms with Gasteiger partial charge in [0, 0.05) is 24.2 Å². The summed E-state index contributed by atoms with van der Waals surface area (Å²) in [4.78, 5) is 0. The first-order chi connectivity index (χ1) is 23.9. The van der Waals surface area contributed by atoms with E-state index in [-0.39, 0.29) is 29.2 Å². The minimum atomic E-state index is -0.373. The zero-order chi connectivity index (χ0) is 35.0. The molecule has 8 rings (SSSR count). The Morgan fingerprint density at radius 1 is 1.04 bits per heavy atom. The van der Waals surface area contributed by atoms with E-state index in [2.05, 4.69) is 81.3 Å². The van der Waals surface area contributed by atoms with Crippen LogP contribution < -0.4 is 10.6 Å². The van der Waals surface area contributed by atoms with Crippen molar-refractivity contribution in [2.75, 3.05) is 6.54 Å². The van der Waals surface area contributed by atoms with E-state index in [0.29, 0.717) is 41.7 Å². The molecule has 0 amide bonds. The molecule has 1 aromatic carbocycles. The van der Waals surface area contributed by atoms with Crippen molar-refractivity contribution in [2.24, 2.45) is 52.3 Å². The van der Waals surface area contributed by atoms with Crippen LogP contribution in [0.3, 0.4) is 0 Å². The second-order valence-electron chi connectivity index (χ2n) is 19.6. The van der Waals surface area contributed by atoms with Crippen LogP contribution in [0, 0.1) is 52.3 Å². The molecular formula is C46H68N2O2. The van der Waals surface area contributed by atoms with Crippen LogP contribution in [0.4, 0.5) is 0 Å². The molecular weight excluding hydrogens is 613 g/mol. The summed E-state index contributed by atoms with van der Waals surface area (Å²) >= 11 is 0. The van der Waals surface area contributed by atoms with E-state index in [1.165, 1.54) is 88.2 Å². The molecule has 1 spiro atoms. The van der Waals surface area contributed by atoms with E-state index in [1.54, 1.807) is 16.7 Å². The highest BCUT2D eigenvalue weighted by Gasteiger charge is 2.63. The number of fused-ring (bicyclic) bond motifs is 7. The average molecular weight is 681 g/mol. The first-order valence-corrected chi connectivity index (χ1v) is 20.9. The largest absolute Gasteiger partial charge is 0.392 e. The number of aliphatic hydroxyl groups is 2. The lowest BCUT2D eigenvalue weighted by molar-refractivity contribution is 0.00418. The SMILES string of the molecule is C=C(C)[C@H]1CC2=C(C)C=C([C@H]3CC[C@H]4C[C@H]5C[C@@H]6C[C@@H](NC[C@H](C)O)[C@H](O)C[C@H]6[C@@H]5[C@]4(C)N3)C[C@]2(C)[C@@]2(CC[C@@H](CCc3ccccc3)C2)C1. The summed E-state index contributed by atoms with van der Waals surface area (Å²) in [6, 6.07) is 11.8. The van der Waals surface area contributed by atoms with Gasteiger partial charge in [0.1, 0.15) is 0 Å². The second-order valence-corrected chi connectivity index (χ2v) is 19.6. The predicted molar refractivity (Wildman–Crippen MR) is 206 cm³/mol. The van der Waals surface area contributed by atoms with Crippen molar-refractivity contribution in [2.45, 2.75) is 154 Å². The third-order valence-corrected chi connectivity index (χ3v) is 16.7. The highest BCUT2D eigenvalue weighted by molar-refractivity contribution is 5.44. The molecule has 1 heterocycles. The zero-order valence-corrected chi connectivity index (χ0v) is 32.0. The van der Waals surface area contributed by atoms with Crippen molar-refractivity contribution < 1.29 is 10.2 Å². The summed E-state index contributed by atoms with van der Waals surface area (Å²) in [6.45, 7) is 17.0. The lowest BCUT2D eigenvalue weighted by Crippen LogP contribution is -2.61. The van der Waals surface area contributed by atoms with Crippen LogP contribution in [0.25, 0.3) is 0 Å². The maximum absolute atomic E-state index is 11.3. The van der Waals surface area contributed by atoms with Crippen LogP contribution in [0.15, 0.2) is 65.3 Å². The second kappa shape index (κ2) is 13.3. The van der Waals surface area contributed by atoms with E-state index in [1.807, 2.05) is 6.92 Å². The standard InChI is InChI=1S/C46H68N2O2/c1-28(2)35-21-39-29(3)18-36(25-44(39,5)46(26-35)17-16-32(24-46)13-12-31-10-8-7-9-11-31)40-15-14-37-20-34-19-33-22-41(47-27-30(4)49)42(50)23-38(33)43(34)45(37,6)48-40/h7-11,18,30,32-35,37-38,40-43,47-50H,1,12-17,19-27H2,2-6H3/t30-,32+,33+,34+,35-,37-,38+,40+,41+,42+,43+,44-,45+,46+/m0/s1. The Morgan fingerprint density at radius 2 is 1.84 bits per heavy atom. The Kier molecular flexibility index (Phi) is 9.39. The van der Waals surface area contributed by atoms with Gasteiger partial charge in [0.15, 0.2) is 0 Å². The Labute approximate surface area is 304 Å². The summed E-state index contributed by atoms with van der Waals surface area (Å²) in [5.74, 6) is 4.94. The number of aliphatic hydroxyl groups excluding tert-OH is 2. The van der Waals surface area contributed by atoms with Crippen LogP contribution in [0.1, 0.15) is 124 Å². The minimum Gasteiger partial charge on any atom is -0.392 e. The van der Waals surface area contributed by atoms with Crippen LogP contribution in [0.2, 0.25) is 0 Å². The first-order valence-electron chi connectivity index (χ1n) is 20.9. The molecule has 4 nitrogen and oxygen atoms in total. The van der Waals surface area contributed by atoms with Crippen LogP contribution in [-0.2, 0) is 6.42 Å². The van der Waals surface area contributed by atoms with E-state index in [0.717, 1.165) is 30.6 Å². The summed E-state index contributed by atoms with van der Waals surface area (Å²) < 4.78 is 0. The molecule has 0 radical (unpaired) electrons. The van der Waals surface area contributed by atoms with Crippen molar-refractivity contribution in [3.63, 3.8) is 0 Å². The molecule has 1 aromatic rings. The molecule has 0 aromatic heterocycles. The third kappa shape index (κ3) is 5.95. The van der Waals surface area contributed by atoms with Gasteiger partial charge in [0.05, 0.1) is 12.2 Å². The molecule has 7 aliphatic rings. The van der Waals surface area contributed by atoms with Crippen molar-refractivity contribution in [3.05, 3.63) is 70.8 Å². The van der Waals surface area contributed by atoms with Crippen molar-refractivity contribution >= 4 is 0 Å². The van der Waals surface area contributed by atoms with E-state index in [4.69, 9.17) is 0 Å². The van der Waals surface area contributed by atoms with Crippen LogP contribution >= 0.6 is 0 Å². The van der Waals surface area contributed by atoms with Gasteiger partial charge in [0.25, 0.3) is 0 Å². The molecule has 0 unspecified atom stereocenters. The van der Waals surface area contributed by atoms with Gasteiger partial charge in [-0.3, -0.25) is 0 Å². The van der Waals surface area contributed by atoms with Crippen molar-refractivity contribution in [3.8, 4) is 0 Å². The molecule has 6 fully saturated rings. The fourth-order valence-electron chi connectivity index (χ4n) is 14.2. The molecule has 4 N–H and O–H groups in total. The Balaban J connectivity index is 1.02. The van der Waals surface area contributed by atoms with E-state index >= 15 is 0 Å². The van der Waals surface area contributed by atoms with Gasteiger partial charge in [-0.05, 0) is 175 Å². The summed E-state index contributed by atoms with van der Waals surface area (Å²) in [5.41, 5.74) is 8.65. The lowest BCUT2D eigenvalue weighted by Gasteiger charge is -2.58. The number of benzene rings is 1. The zero-order valence-electron chi connectivity index (χ0n) is 32.0. The van der Waals surface area contributed by atoms with Gasteiger partial charge >= 0.3 is 0 Å². The molecule has 1 aliphatic heterocycles. The minimum absolute atomic E-state index is 0.123. The van der Waals surface area contributed by atoms with Crippen molar-refractivity contribution in [1.29, 1.82) is 0 Å². The molecule has 5 saturated carbocycles. The Hall–Kier alpha value is -1.72. The highest BCUT2D eigenvalue weighted by Crippen LogP contribution is 2.69. The summed E-state index contributed by atoms with van der Waals surface area (Å²) in [7, 11) is 0. The van der Waals surface area contributed by atoms with Crippen LogP contribution in [0.5, 0.6) is 0 Å². The average Bonchev–Trinajstić information content (AvgIpc) is 3.74. The Bertz CT molecular complexity index is 1500. The maximum atomic E-state index is 11.3. The third-order valence-electron chi connectivity index (χ3n) is 16.7. The number of piperidine rings is 1. The van der Waals surface area contributed by atoms with Crippen LogP contribution in [-0.4, -0.2) is 46.6 Å². The topological polar surface area (TPSA) is 64.5 Å². The van der Waals surface area contributed by atoms with Gasteiger partial charge in [-0.1, -0.05) is 72.2 Å². The molecule has 50 heavy (non-hydrogen) atoms. The number of rotatable bonds is 8. The van der Waals surface area contributed by atoms with Gasteiger partial charge in [-0.2, -0.15) is 0 Å². The van der Waals surface area contributed by atoms with Crippen molar-refractivity contribution in [1.82, 2.24) is 10.6 Å². The van der Waals surface area contributed by atoms with E-state index < -0.39 is 0 Å². The Morgan fingerprint density at radius 3 is 2.60 bits per heavy atom. The molecule has 4 heteroatoms. The number of aryl methyl sites for hydroxylation is 1. The number of allylic oxidation sites excluding steroid dienone is 4. The predicted octanol–water partition coefficient (Wildman–Crippen LogP) is 8.94. The molecule has 14 atom stereocenters. The fraction of sp³-hybridized carbons (Fsp3) is 0.739. The lowest BCUT2D eigenvalue weighted by atomic mass is 9.47. The van der Waals surface area contributed by atoms with Gasteiger partial charge in [0.2, 0.25) is 0 Å². The summed E-state index contributed by atoms with van der Waals surface area (Å²) in [5, 5.41) is 29.2. The monoisotopic (exact) mass is 681 g/mol. The quantitative estimate of drug-likeness (QED) is 0.207. The molecule has 274 valence electrons. The number of hydrogen-bond acceptors (Lipinski definition) is 4. The van der Waals surface area contributed by atoms with Gasteiger partial charge in [-0.15, -0.1) is 0 Å². The molecule has 6 aliphatic carbocycles. The maximum Gasteiger partial charge on any atom is 0.0696 e. The smallest absolute Gasteiger partial charge is 0.0696 e. The normalized spacial score (nSPS) is 45.9. The number of hydrogen-bond donors (Lipinski definition) is 4. The van der Waals surface area contributed by atoms with Gasteiger partial charge in [-0.25, -0.2) is 0 Å². The van der Waals surface area contributed by atoms with Gasteiger partial charge < -0.3 is 20.8 Å². The first kappa shape index (κ1) is 35.3. The summed E-state index contributed by atoms with van der Waals surface area (Å²) in [6.07, 6.45) is 19.7. The fourth-order valence-corrected chi connectivity index (χ4v) is 14.2. The number of nitrogens with one attached hydrogen (secondary N) is 2. The molecule has 1 saturated heterocycles.